The molecule has 1 aromatic carbocycles. The fraction of sp³-hybridized carbons (Fsp3) is 0.500. The third kappa shape index (κ3) is 4.73. The van der Waals surface area contributed by atoms with E-state index in [9.17, 15) is 14.4 Å². The van der Waals surface area contributed by atoms with E-state index >= 15 is 0 Å². The minimum absolute atomic E-state index is 0.0132. The highest BCUT2D eigenvalue weighted by atomic mass is 32.2. The van der Waals surface area contributed by atoms with Crippen molar-refractivity contribution in [2.75, 3.05) is 5.75 Å². The average Bonchev–Trinajstić information content (AvgIpc) is 3.18. The van der Waals surface area contributed by atoms with Gasteiger partial charge in [0.05, 0.1) is 16.7 Å². The first kappa shape index (κ1) is 20.4. The maximum Gasteiger partial charge on any atom is 0.321 e. The van der Waals surface area contributed by atoms with Gasteiger partial charge >= 0.3 is 6.03 Å². The molecule has 0 saturated heterocycles. The van der Waals surface area contributed by atoms with Gasteiger partial charge in [-0.3, -0.25) is 19.5 Å². The van der Waals surface area contributed by atoms with Gasteiger partial charge in [0.15, 0.2) is 5.16 Å². The lowest BCUT2D eigenvalue weighted by Gasteiger charge is -2.18. The Bertz CT molecular complexity index is 921. The van der Waals surface area contributed by atoms with E-state index in [1.165, 1.54) is 11.8 Å². The summed E-state index contributed by atoms with van der Waals surface area (Å²) in [6.07, 6.45) is 4.89. The Morgan fingerprint density at radius 2 is 2.00 bits per heavy atom. The van der Waals surface area contributed by atoms with E-state index in [0.717, 1.165) is 32.1 Å². The quantitative estimate of drug-likeness (QED) is 0.572. The van der Waals surface area contributed by atoms with Gasteiger partial charge in [-0.2, -0.15) is 0 Å². The number of hydrogen-bond acceptors (Lipinski definition) is 5. The second kappa shape index (κ2) is 9.23. The van der Waals surface area contributed by atoms with Gasteiger partial charge < -0.3 is 5.32 Å². The number of hydrogen-bond donors (Lipinski definition) is 2. The molecule has 28 heavy (non-hydrogen) atoms. The molecule has 1 atom stereocenters. The standard InChI is InChI=1S/C20H26N4O3S/c1-3-13(2)24-18(26)15-10-6-7-11-16(15)22-20(24)28-12-17(25)23-19(27)21-14-8-4-5-9-14/h6-7,10-11,13-14H,3-5,8-9,12H2,1-2H3,(H2,21,23,25,27)/t13-/m1/s1. The summed E-state index contributed by atoms with van der Waals surface area (Å²) in [5, 5.41) is 6.25. The number of aromatic nitrogens is 2. The van der Waals surface area contributed by atoms with Crippen LogP contribution in [0.3, 0.4) is 0 Å². The Morgan fingerprint density at radius 3 is 2.71 bits per heavy atom. The molecule has 8 heteroatoms. The molecule has 1 heterocycles. The van der Waals surface area contributed by atoms with Crippen molar-refractivity contribution in [2.24, 2.45) is 0 Å². The molecule has 2 aromatic rings. The van der Waals surface area contributed by atoms with Crippen molar-refractivity contribution in [3.8, 4) is 0 Å². The summed E-state index contributed by atoms with van der Waals surface area (Å²) in [6, 6.07) is 6.85. The average molecular weight is 403 g/mol. The Morgan fingerprint density at radius 1 is 1.29 bits per heavy atom. The Kier molecular flexibility index (Phi) is 6.72. The van der Waals surface area contributed by atoms with Crippen LogP contribution in [0.2, 0.25) is 0 Å². The summed E-state index contributed by atoms with van der Waals surface area (Å²) in [6.45, 7) is 3.96. The van der Waals surface area contributed by atoms with Crippen molar-refractivity contribution in [1.29, 1.82) is 0 Å². The highest BCUT2D eigenvalue weighted by Crippen LogP contribution is 2.22. The van der Waals surface area contributed by atoms with E-state index in [4.69, 9.17) is 0 Å². The van der Waals surface area contributed by atoms with Crippen molar-refractivity contribution in [2.45, 2.75) is 63.2 Å². The summed E-state index contributed by atoms with van der Waals surface area (Å²) in [4.78, 5) is 41.6. The molecule has 3 rings (SSSR count). The second-order valence-electron chi connectivity index (χ2n) is 7.14. The number of imide groups is 1. The van der Waals surface area contributed by atoms with Gasteiger partial charge in [0.2, 0.25) is 5.91 Å². The molecule has 150 valence electrons. The second-order valence-corrected chi connectivity index (χ2v) is 8.08. The Balaban J connectivity index is 1.71. The van der Waals surface area contributed by atoms with Crippen LogP contribution in [0.4, 0.5) is 4.79 Å². The number of amides is 3. The number of nitrogens with one attached hydrogen (secondary N) is 2. The Labute approximate surface area is 168 Å². The molecule has 1 saturated carbocycles. The molecule has 1 fully saturated rings. The zero-order valence-electron chi connectivity index (χ0n) is 16.2. The van der Waals surface area contributed by atoms with Crippen LogP contribution in [0, 0.1) is 0 Å². The normalized spacial score (nSPS) is 15.5. The lowest BCUT2D eigenvalue weighted by Crippen LogP contribution is -2.44. The van der Waals surface area contributed by atoms with Crippen LogP contribution in [0.1, 0.15) is 52.0 Å². The van der Waals surface area contributed by atoms with Crippen molar-refractivity contribution in [3.05, 3.63) is 34.6 Å². The van der Waals surface area contributed by atoms with Crippen LogP contribution in [0.5, 0.6) is 0 Å². The molecule has 1 aliphatic rings. The van der Waals surface area contributed by atoms with Crippen molar-refractivity contribution in [3.63, 3.8) is 0 Å². The summed E-state index contributed by atoms with van der Waals surface area (Å²) in [5.41, 5.74) is 0.496. The van der Waals surface area contributed by atoms with Crippen LogP contribution in [0.25, 0.3) is 10.9 Å². The van der Waals surface area contributed by atoms with Gasteiger partial charge in [0, 0.05) is 12.1 Å². The number of nitrogens with zero attached hydrogens (tertiary/aromatic N) is 2. The fourth-order valence-electron chi connectivity index (χ4n) is 3.38. The largest absolute Gasteiger partial charge is 0.335 e. The van der Waals surface area contributed by atoms with Gasteiger partial charge in [0.25, 0.3) is 5.56 Å². The third-order valence-corrected chi connectivity index (χ3v) is 6.04. The van der Waals surface area contributed by atoms with E-state index in [0.29, 0.717) is 16.1 Å². The molecule has 1 aromatic heterocycles. The van der Waals surface area contributed by atoms with E-state index in [1.54, 1.807) is 16.7 Å². The van der Waals surface area contributed by atoms with E-state index < -0.39 is 11.9 Å². The minimum Gasteiger partial charge on any atom is -0.335 e. The highest BCUT2D eigenvalue weighted by molar-refractivity contribution is 7.99. The number of carbonyl (C=O) groups is 2. The zero-order valence-corrected chi connectivity index (χ0v) is 17.1. The molecule has 2 N–H and O–H groups in total. The van der Waals surface area contributed by atoms with Gasteiger partial charge in [-0.15, -0.1) is 0 Å². The first-order chi connectivity index (χ1) is 13.5. The van der Waals surface area contributed by atoms with Crippen molar-refractivity contribution < 1.29 is 9.59 Å². The number of fused-ring (bicyclic) bond motifs is 1. The summed E-state index contributed by atoms with van der Waals surface area (Å²) in [5.74, 6) is -0.391. The predicted octanol–water partition coefficient (Wildman–Crippen LogP) is 3.23. The monoisotopic (exact) mass is 402 g/mol. The SMILES string of the molecule is CC[C@@H](C)n1c(SCC(=O)NC(=O)NC2CCCC2)nc2ccccc2c1=O. The van der Waals surface area contributed by atoms with E-state index in [2.05, 4.69) is 15.6 Å². The first-order valence-electron chi connectivity index (χ1n) is 9.74. The summed E-state index contributed by atoms with van der Waals surface area (Å²) in [7, 11) is 0. The van der Waals surface area contributed by atoms with Crippen molar-refractivity contribution in [1.82, 2.24) is 20.2 Å². The maximum absolute atomic E-state index is 12.9. The number of urea groups is 1. The van der Waals surface area contributed by atoms with Gasteiger partial charge in [-0.05, 0) is 38.3 Å². The third-order valence-electron chi connectivity index (χ3n) is 5.08. The molecular weight excluding hydrogens is 376 g/mol. The van der Waals surface area contributed by atoms with Crippen LogP contribution < -0.4 is 16.2 Å². The topological polar surface area (TPSA) is 93.1 Å². The molecule has 1 aliphatic carbocycles. The van der Waals surface area contributed by atoms with Gasteiger partial charge in [-0.25, -0.2) is 9.78 Å². The molecule has 0 radical (unpaired) electrons. The number of para-hydroxylation sites is 1. The fourth-order valence-corrected chi connectivity index (χ4v) is 4.28. The molecular formula is C20H26N4O3S. The molecule has 0 unspecified atom stereocenters. The van der Waals surface area contributed by atoms with Crippen LogP contribution >= 0.6 is 11.8 Å². The molecule has 0 spiro atoms. The maximum atomic E-state index is 12.9. The van der Waals surface area contributed by atoms with E-state index in [-0.39, 0.29) is 23.4 Å². The lowest BCUT2D eigenvalue weighted by atomic mass is 10.2. The van der Waals surface area contributed by atoms with Gasteiger partial charge in [0.1, 0.15) is 0 Å². The summed E-state index contributed by atoms with van der Waals surface area (Å²) >= 11 is 1.17. The van der Waals surface area contributed by atoms with Crippen LogP contribution in [0.15, 0.2) is 34.2 Å². The first-order valence-corrected chi connectivity index (χ1v) is 10.7. The van der Waals surface area contributed by atoms with Crippen LogP contribution in [-0.4, -0.2) is 33.3 Å². The molecule has 3 amide bonds. The number of rotatable bonds is 6. The lowest BCUT2D eigenvalue weighted by molar-refractivity contribution is -0.117. The molecule has 0 aliphatic heterocycles. The number of thioether (sulfide) groups is 1. The Hall–Kier alpha value is -2.35. The zero-order chi connectivity index (χ0) is 20.1. The predicted molar refractivity (Wildman–Crippen MR) is 111 cm³/mol. The van der Waals surface area contributed by atoms with E-state index in [1.807, 2.05) is 26.0 Å². The van der Waals surface area contributed by atoms with Crippen molar-refractivity contribution >= 4 is 34.6 Å². The van der Waals surface area contributed by atoms with Crippen LogP contribution in [-0.2, 0) is 4.79 Å². The highest BCUT2D eigenvalue weighted by Gasteiger charge is 2.20. The molecule has 7 nitrogen and oxygen atoms in total. The summed E-state index contributed by atoms with van der Waals surface area (Å²) < 4.78 is 1.64. The smallest absolute Gasteiger partial charge is 0.321 e. The number of benzene rings is 1. The molecule has 0 bridgehead atoms. The minimum atomic E-state index is -0.455. The van der Waals surface area contributed by atoms with Gasteiger partial charge in [-0.1, -0.05) is 43.7 Å². The number of carbonyl (C=O) groups excluding carboxylic acids is 2.